The molecule has 0 rings (SSSR count). The van der Waals surface area contributed by atoms with Gasteiger partial charge in [0.1, 0.15) is 0 Å². The molecule has 0 aliphatic heterocycles. The van der Waals surface area contributed by atoms with Gasteiger partial charge in [0.2, 0.25) is 5.91 Å². The minimum Gasteiger partial charge on any atom is -0.466 e. The zero-order valence-corrected chi connectivity index (χ0v) is 50.2. The molecular weight excluding hydrogens is 911 g/mol. The van der Waals surface area contributed by atoms with Gasteiger partial charge in [-0.3, -0.25) is 9.59 Å². The molecule has 74 heavy (non-hydrogen) atoms. The van der Waals surface area contributed by atoms with Gasteiger partial charge in [0, 0.05) is 12.8 Å². The lowest BCUT2D eigenvalue weighted by Crippen LogP contribution is -2.45. The second-order valence-electron chi connectivity index (χ2n) is 22.9. The van der Waals surface area contributed by atoms with Crippen LogP contribution in [-0.2, 0) is 14.3 Å². The number of aliphatic hydroxyl groups is 2. The third kappa shape index (κ3) is 52.1. The Balaban J connectivity index is 4.40. The van der Waals surface area contributed by atoms with Gasteiger partial charge in [-0.1, -0.05) is 308 Å². The van der Waals surface area contributed by atoms with Gasteiger partial charge in [0.15, 0.2) is 0 Å². The van der Waals surface area contributed by atoms with Crippen LogP contribution in [0, 0.1) is 11.8 Å². The third-order valence-electron chi connectivity index (χ3n) is 15.8. The minimum atomic E-state index is -0.853. The van der Waals surface area contributed by atoms with Crippen LogP contribution in [0.15, 0.2) is 36.5 Å². The monoisotopic (exact) mass is 1040 g/mol. The van der Waals surface area contributed by atoms with Crippen LogP contribution in [0.25, 0.3) is 0 Å². The summed E-state index contributed by atoms with van der Waals surface area (Å²) in [5, 5.41) is 23.3. The molecule has 0 spiro atoms. The molecule has 0 radical (unpaired) electrons. The maximum absolute atomic E-state index is 12.6. The fourth-order valence-corrected chi connectivity index (χ4v) is 10.8. The van der Waals surface area contributed by atoms with Crippen LogP contribution in [-0.4, -0.2) is 47.4 Å². The highest BCUT2D eigenvalue weighted by Crippen LogP contribution is 2.33. The van der Waals surface area contributed by atoms with Crippen LogP contribution in [0.3, 0.4) is 0 Å². The van der Waals surface area contributed by atoms with Gasteiger partial charge in [-0.05, 0) is 76.0 Å². The van der Waals surface area contributed by atoms with E-state index >= 15 is 0 Å². The summed E-state index contributed by atoms with van der Waals surface area (Å²) in [6.45, 7) is 9.50. The van der Waals surface area contributed by atoms with Crippen LogP contribution < -0.4 is 5.32 Å². The van der Waals surface area contributed by atoms with Gasteiger partial charge in [-0.25, -0.2) is 0 Å². The Morgan fingerprint density at radius 1 is 0.405 bits per heavy atom. The summed E-state index contributed by atoms with van der Waals surface area (Å²) in [4.78, 5) is 25.2. The first-order valence-electron chi connectivity index (χ1n) is 33.1. The first-order valence-corrected chi connectivity index (χ1v) is 33.1. The van der Waals surface area contributed by atoms with Crippen molar-refractivity contribution in [2.24, 2.45) is 11.8 Å². The molecule has 0 aliphatic rings. The predicted octanol–water partition coefficient (Wildman–Crippen LogP) is 20.9. The Bertz CT molecular complexity index is 1230. The molecule has 0 saturated heterocycles. The van der Waals surface area contributed by atoms with Crippen molar-refractivity contribution >= 4 is 11.9 Å². The molecule has 3 N–H and O–H groups in total. The van der Waals surface area contributed by atoms with Crippen molar-refractivity contribution in [2.45, 2.75) is 361 Å². The second-order valence-corrected chi connectivity index (χ2v) is 22.9. The summed E-state index contributed by atoms with van der Waals surface area (Å²) < 4.78 is 5.66. The normalized spacial score (nSPS) is 13.6. The van der Waals surface area contributed by atoms with Crippen LogP contribution in [0.2, 0.25) is 0 Å². The lowest BCUT2D eigenvalue weighted by Gasteiger charge is -2.27. The van der Waals surface area contributed by atoms with Crippen LogP contribution in [0.4, 0.5) is 0 Å². The first kappa shape index (κ1) is 72.1. The average molecular weight is 1040 g/mol. The lowest BCUT2D eigenvalue weighted by molar-refractivity contribution is -0.144. The number of carbonyl (C=O) groups excluding carboxylic acids is 2. The van der Waals surface area contributed by atoms with Crippen molar-refractivity contribution < 1.29 is 24.5 Å². The second kappa shape index (κ2) is 60.3. The number of amides is 1. The highest BCUT2D eigenvalue weighted by Gasteiger charge is 2.21. The zero-order chi connectivity index (χ0) is 53.9. The minimum absolute atomic E-state index is 0.0131. The van der Waals surface area contributed by atoms with E-state index in [-0.39, 0.29) is 18.5 Å². The van der Waals surface area contributed by atoms with E-state index in [1.54, 1.807) is 6.08 Å². The molecule has 0 aromatic carbocycles. The van der Waals surface area contributed by atoms with Crippen molar-refractivity contribution in [1.82, 2.24) is 5.32 Å². The average Bonchev–Trinajstić information content (AvgIpc) is 3.40. The number of carbonyl (C=O) groups is 2. The van der Waals surface area contributed by atoms with Crippen LogP contribution in [0.5, 0.6) is 0 Å². The molecule has 0 aromatic rings. The number of rotatable bonds is 60. The van der Waals surface area contributed by atoms with Crippen molar-refractivity contribution in [3.63, 3.8) is 0 Å². The molecule has 0 saturated carbocycles. The van der Waals surface area contributed by atoms with Crippen molar-refractivity contribution in [1.29, 1.82) is 0 Å². The van der Waals surface area contributed by atoms with E-state index < -0.39 is 12.1 Å². The van der Waals surface area contributed by atoms with E-state index in [1.807, 2.05) is 6.08 Å². The Morgan fingerprint density at radius 3 is 1.31 bits per heavy atom. The molecule has 0 bridgehead atoms. The topological polar surface area (TPSA) is 95.9 Å². The van der Waals surface area contributed by atoms with Gasteiger partial charge < -0.3 is 20.3 Å². The number of hydrogen-bond donors (Lipinski definition) is 3. The van der Waals surface area contributed by atoms with Gasteiger partial charge in [0.25, 0.3) is 0 Å². The van der Waals surface area contributed by atoms with E-state index in [1.165, 1.54) is 257 Å². The van der Waals surface area contributed by atoms with Gasteiger partial charge in [-0.15, -0.1) is 0 Å². The standard InChI is InChI=1S/C68H129NO5/c1-5-9-13-16-19-22-25-26-30-34-39-44-49-58-66(71)65(62-70)69-67(72)59-50-45-40-35-31-28-27-29-33-38-42-47-55-63(54-12-8-4)64(56-48-43-37-32-23-20-17-14-10-6-2)57-51-52-60-68(73)74-61-53-46-41-36-24-21-18-15-11-7-3/h20,23,37,43,49,58,63-66,70-71H,5-19,21-22,24-36,38-42,44-48,50-57,59-62H2,1-4H3,(H,69,72)/b23-20-,43-37-,58-49+. The number of allylic oxidation sites excluding steroid dienone is 5. The Kier molecular flexibility index (Phi) is 58.7. The molecule has 4 atom stereocenters. The fourth-order valence-electron chi connectivity index (χ4n) is 10.8. The summed E-state index contributed by atoms with van der Waals surface area (Å²) >= 11 is 0. The maximum atomic E-state index is 12.6. The zero-order valence-electron chi connectivity index (χ0n) is 50.2. The van der Waals surface area contributed by atoms with Gasteiger partial charge >= 0.3 is 5.97 Å². The largest absolute Gasteiger partial charge is 0.466 e. The molecule has 0 aliphatic carbocycles. The van der Waals surface area contributed by atoms with Crippen molar-refractivity contribution in [2.75, 3.05) is 13.2 Å². The molecule has 0 heterocycles. The SMILES string of the molecule is CCCCC/C=C\C/C=C\CCC(CCCCC(=O)OCCCCCCCCCCCC)C(CCCC)CCCCCCCCCCCCCCC(=O)NC(CO)C(O)/C=C/CCCCCCCCCCCCC. The van der Waals surface area contributed by atoms with Gasteiger partial charge in [0.05, 0.1) is 25.4 Å². The molecule has 6 heteroatoms. The number of unbranched alkanes of at least 4 members (excludes halogenated alkanes) is 36. The highest BCUT2D eigenvalue weighted by molar-refractivity contribution is 5.76. The van der Waals surface area contributed by atoms with E-state index in [0.29, 0.717) is 19.4 Å². The summed E-state index contributed by atoms with van der Waals surface area (Å²) in [6.07, 6.45) is 74.2. The maximum Gasteiger partial charge on any atom is 0.305 e. The molecule has 4 unspecified atom stereocenters. The van der Waals surface area contributed by atoms with Crippen LogP contribution in [0.1, 0.15) is 349 Å². The summed E-state index contributed by atoms with van der Waals surface area (Å²) in [7, 11) is 0. The van der Waals surface area contributed by atoms with Crippen molar-refractivity contribution in [3.8, 4) is 0 Å². The van der Waals surface area contributed by atoms with E-state index in [9.17, 15) is 19.8 Å². The predicted molar refractivity (Wildman–Crippen MR) is 324 cm³/mol. The first-order chi connectivity index (χ1) is 36.4. The van der Waals surface area contributed by atoms with E-state index in [2.05, 4.69) is 57.3 Å². The lowest BCUT2D eigenvalue weighted by atomic mass is 9.78. The Hall–Kier alpha value is -1.92. The number of hydrogen-bond acceptors (Lipinski definition) is 5. The van der Waals surface area contributed by atoms with Crippen molar-refractivity contribution in [3.05, 3.63) is 36.5 Å². The Labute approximate surface area is 462 Å². The smallest absolute Gasteiger partial charge is 0.305 e. The molecular formula is C68H129NO5. The van der Waals surface area contributed by atoms with E-state index in [4.69, 9.17) is 4.74 Å². The quantitative estimate of drug-likeness (QED) is 0.0320. The molecule has 0 aromatic heterocycles. The Morgan fingerprint density at radius 2 is 0.784 bits per heavy atom. The number of esters is 1. The number of aliphatic hydroxyl groups excluding tert-OH is 2. The molecule has 436 valence electrons. The third-order valence-corrected chi connectivity index (χ3v) is 15.8. The molecule has 6 nitrogen and oxygen atoms in total. The number of ether oxygens (including phenoxy) is 1. The van der Waals surface area contributed by atoms with Crippen LogP contribution >= 0.6 is 0 Å². The molecule has 0 fully saturated rings. The summed E-state index contributed by atoms with van der Waals surface area (Å²) in [5.74, 6) is 1.48. The fraction of sp³-hybridized carbons (Fsp3) is 0.882. The summed E-state index contributed by atoms with van der Waals surface area (Å²) in [5.41, 5.74) is 0. The number of nitrogens with one attached hydrogen (secondary N) is 1. The highest BCUT2D eigenvalue weighted by atomic mass is 16.5. The summed E-state index contributed by atoms with van der Waals surface area (Å²) in [6, 6.07) is -0.638. The molecule has 1 amide bonds. The van der Waals surface area contributed by atoms with E-state index in [0.717, 1.165) is 63.2 Å². The van der Waals surface area contributed by atoms with Gasteiger partial charge in [-0.2, -0.15) is 0 Å².